The van der Waals surface area contributed by atoms with E-state index in [4.69, 9.17) is 9.84 Å². The highest BCUT2D eigenvalue weighted by atomic mass is 32.2. The predicted molar refractivity (Wildman–Crippen MR) is 72.6 cm³/mol. The normalized spacial score (nSPS) is 22.7. The molecule has 1 aromatic rings. The number of methoxy groups -OCH3 is 1. The highest BCUT2D eigenvalue weighted by Gasteiger charge is 2.32. The van der Waals surface area contributed by atoms with Gasteiger partial charge in [-0.25, -0.2) is 8.42 Å². The number of benzene rings is 1. The molecule has 0 radical (unpaired) electrons. The fraction of sp³-hybridized carbons (Fsp3) is 0.462. The first-order valence-corrected chi connectivity index (χ1v) is 8.07. The molecule has 0 amide bonds. The van der Waals surface area contributed by atoms with Crippen molar-refractivity contribution in [1.82, 2.24) is 5.32 Å². The summed E-state index contributed by atoms with van der Waals surface area (Å²) in [6.07, 6.45) is 1.54. The Kier molecular flexibility index (Phi) is 4.01. The third-order valence-electron chi connectivity index (χ3n) is 3.47. The van der Waals surface area contributed by atoms with Crippen LogP contribution < -0.4 is 10.1 Å². The smallest absolute Gasteiger partial charge is 0.307 e. The molecule has 2 atom stereocenters. The Morgan fingerprint density at radius 2 is 2.15 bits per heavy atom. The van der Waals surface area contributed by atoms with Crippen molar-refractivity contribution in [3.05, 3.63) is 23.8 Å². The molecule has 1 heterocycles. The van der Waals surface area contributed by atoms with Gasteiger partial charge in [0.05, 0.1) is 13.0 Å². The summed E-state index contributed by atoms with van der Waals surface area (Å²) < 4.78 is 28.8. The predicted octanol–water partition coefficient (Wildman–Crippen LogP) is 0.834. The Labute approximate surface area is 117 Å². The van der Waals surface area contributed by atoms with Crippen LogP contribution >= 0.6 is 0 Å². The van der Waals surface area contributed by atoms with Crippen molar-refractivity contribution in [2.24, 2.45) is 5.92 Å². The van der Waals surface area contributed by atoms with E-state index in [1.54, 1.807) is 12.1 Å². The number of sulfone groups is 1. The van der Waals surface area contributed by atoms with E-state index >= 15 is 0 Å². The van der Waals surface area contributed by atoms with Gasteiger partial charge in [-0.2, -0.15) is 0 Å². The molecule has 0 aliphatic carbocycles. The van der Waals surface area contributed by atoms with E-state index in [0.29, 0.717) is 24.3 Å². The summed E-state index contributed by atoms with van der Waals surface area (Å²) >= 11 is 0. The SMILES string of the molecule is COc1c(C2CC(C(=O)O)CN2)cccc1S(C)(=O)=O. The van der Waals surface area contributed by atoms with Crippen LogP contribution in [0.2, 0.25) is 0 Å². The Bertz CT molecular complexity index is 626. The molecule has 110 valence electrons. The summed E-state index contributed by atoms with van der Waals surface area (Å²) in [5.74, 6) is -1.02. The summed E-state index contributed by atoms with van der Waals surface area (Å²) in [5, 5.41) is 12.1. The molecule has 0 saturated carbocycles. The van der Waals surface area contributed by atoms with Crippen LogP contribution in [0.15, 0.2) is 23.1 Å². The van der Waals surface area contributed by atoms with E-state index in [1.807, 2.05) is 0 Å². The first kappa shape index (κ1) is 14.8. The number of hydrogen-bond donors (Lipinski definition) is 2. The third-order valence-corrected chi connectivity index (χ3v) is 4.59. The van der Waals surface area contributed by atoms with Gasteiger partial charge >= 0.3 is 5.97 Å². The molecule has 0 bridgehead atoms. The lowest BCUT2D eigenvalue weighted by atomic mass is 9.99. The van der Waals surface area contributed by atoms with Crippen LogP contribution in [-0.4, -0.2) is 39.4 Å². The quantitative estimate of drug-likeness (QED) is 0.855. The number of carbonyl (C=O) groups is 1. The van der Waals surface area contributed by atoms with E-state index in [9.17, 15) is 13.2 Å². The van der Waals surface area contributed by atoms with Gasteiger partial charge in [-0.3, -0.25) is 4.79 Å². The van der Waals surface area contributed by atoms with Crippen molar-refractivity contribution in [2.45, 2.75) is 17.4 Å². The first-order chi connectivity index (χ1) is 9.34. The largest absolute Gasteiger partial charge is 0.495 e. The van der Waals surface area contributed by atoms with Gasteiger partial charge in [-0.1, -0.05) is 12.1 Å². The van der Waals surface area contributed by atoms with Crippen LogP contribution in [0.3, 0.4) is 0 Å². The van der Waals surface area contributed by atoms with Gasteiger partial charge in [0.1, 0.15) is 10.6 Å². The Morgan fingerprint density at radius 1 is 1.45 bits per heavy atom. The van der Waals surface area contributed by atoms with Crippen LogP contribution in [0.5, 0.6) is 5.75 Å². The molecular weight excluding hydrogens is 282 g/mol. The molecule has 1 aromatic carbocycles. The molecule has 1 aliphatic rings. The van der Waals surface area contributed by atoms with Crippen molar-refractivity contribution in [1.29, 1.82) is 0 Å². The molecule has 1 aliphatic heterocycles. The molecule has 2 unspecified atom stereocenters. The number of para-hydroxylation sites is 1. The lowest BCUT2D eigenvalue weighted by molar-refractivity contribution is -0.141. The number of carboxylic acids is 1. The molecule has 1 fully saturated rings. The average molecular weight is 299 g/mol. The maximum absolute atomic E-state index is 11.8. The molecular formula is C13H17NO5S. The van der Waals surface area contributed by atoms with Crippen molar-refractivity contribution in [3.8, 4) is 5.75 Å². The molecule has 2 rings (SSSR count). The summed E-state index contributed by atoms with van der Waals surface area (Å²) in [4.78, 5) is 11.1. The zero-order valence-corrected chi connectivity index (χ0v) is 12.1. The van der Waals surface area contributed by atoms with Gasteiger partial charge in [0.15, 0.2) is 9.84 Å². The van der Waals surface area contributed by atoms with E-state index in [1.165, 1.54) is 13.2 Å². The highest BCUT2D eigenvalue weighted by Crippen LogP contribution is 2.37. The third kappa shape index (κ3) is 2.78. The standard InChI is InChI=1S/C13H17NO5S/c1-19-12-9(4-3-5-11(12)20(2,17)18)10-6-8(7-14-10)13(15)16/h3-5,8,10,14H,6-7H2,1-2H3,(H,15,16). The average Bonchev–Trinajstić information content (AvgIpc) is 2.86. The maximum Gasteiger partial charge on any atom is 0.307 e. The first-order valence-electron chi connectivity index (χ1n) is 6.17. The molecule has 20 heavy (non-hydrogen) atoms. The fourth-order valence-electron chi connectivity index (χ4n) is 2.48. The molecule has 1 saturated heterocycles. The molecule has 0 aromatic heterocycles. The van der Waals surface area contributed by atoms with Gasteiger partial charge in [0, 0.05) is 24.4 Å². The molecule has 6 nitrogen and oxygen atoms in total. The number of nitrogens with one attached hydrogen (secondary N) is 1. The molecule has 7 heteroatoms. The van der Waals surface area contributed by atoms with E-state index in [0.717, 1.165) is 6.26 Å². The van der Waals surface area contributed by atoms with Crippen LogP contribution in [0.25, 0.3) is 0 Å². The summed E-state index contributed by atoms with van der Waals surface area (Å²) in [6, 6.07) is 4.67. The van der Waals surface area contributed by atoms with Gasteiger partial charge < -0.3 is 15.2 Å². The van der Waals surface area contributed by atoms with Crippen molar-refractivity contribution < 1.29 is 23.1 Å². The number of hydrogen-bond acceptors (Lipinski definition) is 5. The lowest BCUT2D eigenvalue weighted by Gasteiger charge is -2.17. The lowest BCUT2D eigenvalue weighted by Crippen LogP contribution is -2.17. The van der Waals surface area contributed by atoms with Crippen LogP contribution in [-0.2, 0) is 14.6 Å². The topological polar surface area (TPSA) is 92.7 Å². The second-order valence-corrected chi connectivity index (χ2v) is 6.87. The summed E-state index contributed by atoms with van der Waals surface area (Å²) in [5.41, 5.74) is 0.680. The van der Waals surface area contributed by atoms with E-state index < -0.39 is 21.7 Å². The molecule has 0 spiro atoms. The Balaban J connectivity index is 2.41. The number of aliphatic carboxylic acids is 1. The highest BCUT2D eigenvalue weighted by molar-refractivity contribution is 7.90. The van der Waals surface area contributed by atoms with E-state index in [2.05, 4.69) is 5.32 Å². The number of carboxylic acid groups (broad SMARTS) is 1. The number of ether oxygens (including phenoxy) is 1. The maximum atomic E-state index is 11.8. The monoisotopic (exact) mass is 299 g/mol. The van der Waals surface area contributed by atoms with E-state index in [-0.39, 0.29) is 10.9 Å². The zero-order valence-electron chi connectivity index (χ0n) is 11.3. The minimum atomic E-state index is -3.40. The van der Waals surface area contributed by atoms with Crippen molar-refractivity contribution in [2.75, 3.05) is 19.9 Å². The van der Waals surface area contributed by atoms with Crippen LogP contribution in [0.4, 0.5) is 0 Å². The second kappa shape index (κ2) is 5.41. The van der Waals surface area contributed by atoms with Crippen molar-refractivity contribution >= 4 is 15.8 Å². The summed E-state index contributed by atoms with van der Waals surface area (Å²) in [7, 11) is -1.98. The summed E-state index contributed by atoms with van der Waals surface area (Å²) in [6.45, 7) is 0.367. The van der Waals surface area contributed by atoms with Gasteiger partial charge in [-0.15, -0.1) is 0 Å². The van der Waals surface area contributed by atoms with Crippen LogP contribution in [0, 0.1) is 5.92 Å². The van der Waals surface area contributed by atoms with Gasteiger partial charge in [-0.05, 0) is 12.5 Å². The molecule has 2 N–H and O–H groups in total. The second-order valence-electron chi connectivity index (χ2n) is 4.88. The fourth-order valence-corrected chi connectivity index (χ4v) is 3.34. The number of rotatable bonds is 4. The minimum Gasteiger partial charge on any atom is -0.495 e. The van der Waals surface area contributed by atoms with Gasteiger partial charge in [0.2, 0.25) is 0 Å². The van der Waals surface area contributed by atoms with Crippen LogP contribution in [0.1, 0.15) is 18.0 Å². The van der Waals surface area contributed by atoms with Crippen molar-refractivity contribution in [3.63, 3.8) is 0 Å². The zero-order chi connectivity index (χ0) is 14.9. The minimum absolute atomic E-state index is 0.123. The Hall–Kier alpha value is -1.60. The van der Waals surface area contributed by atoms with Gasteiger partial charge in [0.25, 0.3) is 0 Å². The Morgan fingerprint density at radius 3 is 2.65 bits per heavy atom.